The van der Waals surface area contributed by atoms with Crippen LogP contribution in [-0.4, -0.2) is 69.5 Å². The molecule has 0 aliphatic carbocycles. The first kappa shape index (κ1) is 21.0. The third-order valence-corrected chi connectivity index (χ3v) is 6.45. The van der Waals surface area contributed by atoms with Crippen molar-refractivity contribution >= 4 is 11.4 Å². The lowest BCUT2D eigenvalue weighted by Gasteiger charge is -2.48. The van der Waals surface area contributed by atoms with E-state index in [0.717, 1.165) is 27.7 Å². The van der Waals surface area contributed by atoms with Gasteiger partial charge in [0.2, 0.25) is 6.17 Å². The lowest BCUT2D eigenvalue weighted by molar-refractivity contribution is -1.11. The summed E-state index contributed by atoms with van der Waals surface area (Å²) in [5.74, 6) is 0. The SMILES string of the molecule is CCCCCC([N+](C)(C)C)[N+](C)(C)C1CCN(c2ccc(N)c(C)c2)C1. The van der Waals surface area contributed by atoms with E-state index in [4.69, 9.17) is 5.73 Å². The molecule has 148 valence electrons. The van der Waals surface area contributed by atoms with Crippen LogP contribution >= 0.6 is 0 Å². The minimum absolute atomic E-state index is 0.639. The van der Waals surface area contributed by atoms with Crippen LogP contribution < -0.4 is 10.6 Å². The number of quaternary nitrogens is 2. The second-order valence-corrected chi connectivity index (χ2v) is 9.65. The molecule has 2 rings (SSSR count). The Bertz CT molecular complexity index is 588. The van der Waals surface area contributed by atoms with Gasteiger partial charge in [-0.3, -0.25) is 8.97 Å². The fourth-order valence-electron chi connectivity index (χ4n) is 4.81. The highest BCUT2D eigenvalue weighted by molar-refractivity contribution is 5.58. The van der Waals surface area contributed by atoms with E-state index in [-0.39, 0.29) is 0 Å². The van der Waals surface area contributed by atoms with Gasteiger partial charge in [-0.15, -0.1) is 0 Å². The van der Waals surface area contributed by atoms with Crippen LogP contribution in [0.3, 0.4) is 0 Å². The third-order valence-electron chi connectivity index (χ3n) is 6.45. The van der Waals surface area contributed by atoms with Gasteiger partial charge in [0.25, 0.3) is 0 Å². The number of likely N-dealkylation sites (N-methyl/N-ethyl adjacent to an activating group) is 1. The summed E-state index contributed by atoms with van der Waals surface area (Å²) in [6.07, 6.45) is 7.19. The number of nitrogen functional groups attached to an aromatic ring is 1. The molecule has 0 spiro atoms. The van der Waals surface area contributed by atoms with Gasteiger partial charge in [0.05, 0.1) is 48.2 Å². The van der Waals surface area contributed by atoms with Gasteiger partial charge < -0.3 is 10.6 Å². The molecule has 2 atom stereocenters. The largest absolute Gasteiger partial charge is 0.399 e. The molecule has 1 saturated heterocycles. The molecule has 1 aromatic rings. The number of rotatable bonds is 8. The van der Waals surface area contributed by atoms with Crippen molar-refractivity contribution in [3.63, 3.8) is 0 Å². The lowest BCUT2D eigenvalue weighted by atomic mass is 10.1. The molecule has 0 radical (unpaired) electrons. The molecule has 4 nitrogen and oxygen atoms in total. The van der Waals surface area contributed by atoms with Gasteiger partial charge in [-0.25, -0.2) is 0 Å². The predicted molar refractivity (Wildman–Crippen MR) is 114 cm³/mol. The van der Waals surface area contributed by atoms with Gasteiger partial charge in [-0.1, -0.05) is 19.8 Å². The van der Waals surface area contributed by atoms with E-state index in [9.17, 15) is 0 Å². The van der Waals surface area contributed by atoms with Crippen LogP contribution in [0.25, 0.3) is 0 Å². The molecule has 0 bridgehead atoms. The van der Waals surface area contributed by atoms with Gasteiger partial charge in [-0.05, 0) is 37.1 Å². The van der Waals surface area contributed by atoms with E-state index >= 15 is 0 Å². The molecule has 1 aromatic carbocycles. The number of nitrogens with zero attached hydrogens (tertiary/aromatic N) is 3. The summed E-state index contributed by atoms with van der Waals surface area (Å²) in [6, 6.07) is 7.16. The van der Waals surface area contributed by atoms with Crippen LogP contribution in [0.1, 0.15) is 44.6 Å². The normalized spacial score (nSPS) is 19.8. The Balaban J connectivity index is 2.13. The molecule has 26 heavy (non-hydrogen) atoms. The van der Waals surface area contributed by atoms with Crippen LogP contribution in [0.5, 0.6) is 0 Å². The molecule has 4 heteroatoms. The number of hydrogen-bond acceptors (Lipinski definition) is 2. The first-order chi connectivity index (χ1) is 12.1. The second kappa shape index (κ2) is 8.18. The number of hydrogen-bond donors (Lipinski definition) is 1. The van der Waals surface area contributed by atoms with Crippen molar-refractivity contribution in [1.29, 1.82) is 0 Å². The van der Waals surface area contributed by atoms with Crippen molar-refractivity contribution in [2.45, 2.75) is 58.2 Å². The van der Waals surface area contributed by atoms with Gasteiger partial charge in [0.1, 0.15) is 6.04 Å². The zero-order valence-corrected chi connectivity index (χ0v) is 18.3. The van der Waals surface area contributed by atoms with Crippen LogP contribution in [0.2, 0.25) is 0 Å². The van der Waals surface area contributed by atoms with E-state index in [1.165, 1.54) is 43.4 Å². The smallest absolute Gasteiger partial charge is 0.215 e. The van der Waals surface area contributed by atoms with Crippen LogP contribution in [0, 0.1) is 6.92 Å². The van der Waals surface area contributed by atoms with Crippen molar-refractivity contribution < 1.29 is 8.97 Å². The minimum Gasteiger partial charge on any atom is -0.399 e. The Kier molecular flexibility index (Phi) is 6.62. The van der Waals surface area contributed by atoms with Crippen molar-refractivity contribution in [3.8, 4) is 0 Å². The quantitative estimate of drug-likeness (QED) is 0.329. The van der Waals surface area contributed by atoms with Gasteiger partial charge in [0, 0.05) is 24.3 Å². The number of aryl methyl sites for hydroxylation is 1. The Morgan fingerprint density at radius 2 is 1.85 bits per heavy atom. The molecule has 0 saturated carbocycles. The standard InChI is InChI=1S/C22H42N4/c1-8-9-10-11-22(25(3,4)5)26(6,7)20-14-15-24(17-20)19-12-13-21(23)18(2)16-19/h12-13,16,20,22H,8-11,14-15,17,23H2,1-7H3/q+2. The minimum atomic E-state index is 0.639. The van der Waals surface area contributed by atoms with Crippen molar-refractivity contribution in [1.82, 2.24) is 0 Å². The average molecular weight is 363 g/mol. The molecular weight excluding hydrogens is 320 g/mol. The molecular formula is C22H42N4+2. The zero-order valence-electron chi connectivity index (χ0n) is 18.3. The highest BCUT2D eigenvalue weighted by atomic mass is 15.5. The summed E-state index contributed by atoms with van der Waals surface area (Å²) in [7, 11) is 12.0. The van der Waals surface area contributed by atoms with Gasteiger partial charge in [0.15, 0.2) is 0 Å². The molecule has 0 amide bonds. The summed E-state index contributed by atoms with van der Waals surface area (Å²) in [5.41, 5.74) is 9.41. The molecule has 1 aliphatic rings. The van der Waals surface area contributed by atoms with E-state index in [1.807, 2.05) is 0 Å². The summed E-state index contributed by atoms with van der Waals surface area (Å²) in [6.45, 7) is 6.69. The fraction of sp³-hybridized carbons (Fsp3) is 0.727. The van der Waals surface area contributed by atoms with E-state index < -0.39 is 0 Å². The third kappa shape index (κ3) is 4.72. The van der Waals surface area contributed by atoms with Crippen molar-refractivity contribution in [2.75, 3.05) is 59.0 Å². The topological polar surface area (TPSA) is 29.3 Å². The van der Waals surface area contributed by atoms with Gasteiger partial charge >= 0.3 is 0 Å². The zero-order chi connectivity index (χ0) is 19.5. The maximum absolute atomic E-state index is 6.01. The second-order valence-electron chi connectivity index (χ2n) is 9.65. The number of anilines is 2. The Hall–Kier alpha value is -1.26. The maximum Gasteiger partial charge on any atom is 0.215 e. The predicted octanol–water partition coefficient (Wildman–Crippen LogP) is 3.84. The molecule has 2 N–H and O–H groups in total. The molecule has 1 aliphatic heterocycles. The molecule has 0 aromatic heterocycles. The van der Waals surface area contributed by atoms with Crippen molar-refractivity contribution in [2.24, 2.45) is 0 Å². The summed E-state index contributed by atoms with van der Waals surface area (Å²) < 4.78 is 2.14. The molecule has 2 unspecified atom stereocenters. The van der Waals surface area contributed by atoms with Crippen molar-refractivity contribution in [3.05, 3.63) is 23.8 Å². The number of nitrogens with two attached hydrogens (primary N) is 1. The highest BCUT2D eigenvalue weighted by Gasteiger charge is 2.46. The first-order valence-corrected chi connectivity index (χ1v) is 10.3. The van der Waals surface area contributed by atoms with E-state index in [2.05, 4.69) is 72.2 Å². The van der Waals surface area contributed by atoms with Gasteiger partial charge in [-0.2, -0.15) is 0 Å². The van der Waals surface area contributed by atoms with Crippen LogP contribution in [0.4, 0.5) is 11.4 Å². The highest BCUT2D eigenvalue weighted by Crippen LogP contribution is 2.32. The monoisotopic (exact) mass is 362 g/mol. The Morgan fingerprint density at radius 3 is 2.42 bits per heavy atom. The summed E-state index contributed by atoms with van der Waals surface area (Å²) in [5, 5.41) is 0. The summed E-state index contributed by atoms with van der Waals surface area (Å²) in [4.78, 5) is 2.55. The summed E-state index contributed by atoms with van der Waals surface area (Å²) >= 11 is 0. The van der Waals surface area contributed by atoms with Crippen LogP contribution in [-0.2, 0) is 0 Å². The van der Waals surface area contributed by atoms with E-state index in [0.29, 0.717) is 12.2 Å². The first-order valence-electron chi connectivity index (χ1n) is 10.3. The molecule has 1 heterocycles. The Morgan fingerprint density at radius 1 is 1.15 bits per heavy atom. The Labute approximate surface area is 161 Å². The number of unbranched alkanes of at least 4 members (excludes halogenated alkanes) is 2. The lowest BCUT2D eigenvalue weighted by Crippen LogP contribution is -2.66. The van der Waals surface area contributed by atoms with E-state index in [1.54, 1.807) is 0 Å². The number of benzene rings is 1. The molecule has 1 fully saturated rings. The fourth-order valence-corrected chi connectivity index (χ4v) is 4.81. The maximum atomic E-state index is 6.01. The van der Waals surface area contributed by atoms with Crippen LogP contribution in [0.15, 0.2) is 18.2 Å². The average Bonchev–Trinajstić information content (AvgIpc) is 3.03.